The van der Waals surface area contributed by atoms with Crippen LogP contribution in [0.3, 0.4) is 0 Å². The monoisotopic (exact) mass is 254 g/mol. The summed E-state index contributed by atoms with van der Waals surface area (Å²) in [5.41, 5.74) is 0.373. The van der Waals surface area contributed by atoms with Crippen LogP contribution in [0.2, 0.25) is 0 Å². The van der Waals surface area contributed by atoms with Gasteiger partial charge in [0, 0.05) is 11.6 Å². The standard InChI is InChI=1S/C16H34N2/c1-7-14(8-2)15(17-4)16(18(5)6)11-9-13(3)10-12-16/h13-15,17H,7-12H2,1-6H3. The van der Waals surface area contributed by atoms with Crippen LogP contribution >= 0.6 is 0 Å². The van der Waals surface area contributed by atoms with Crippen molar-refractivity contribution >= 4 is 0 Å². The number of nitrogens with zero attached hydrogens (tertiary/aromatic N) is 1. The smallest absolute Gasteiger partial charge is 0.0359 e. The summed E-state index contributed by atoms with van der Waals surface area (Å²) < 4.78 is 0. The minimum Gasteiger partial charge on any atom is -0.315 e. The van der Waals surface area contributed by atoms with Gasteiger partial charge in [0.25, 0.3) is 0 Å². The fourth-order valence-corrected chi connectivity index (χ4v) is 4.00. The second-order valence-electron chi connectivity index (χ2n) is 6.52. The molecule has 0 radical (unpaired) electrons. The van der Waals surface area contributed by atoms with Gasteiger partial charge in [0.05, 0.1) is 0 Å². The van der Waals surface area contributed by atoms with Crippen molar-refractivity contribution < 1.29 is 0 Å². The highest BCUT2D eigenvalue weighted by molar-refractivity contribution is 5.03. The lowest BCUT2D eigenvalue weighted by Crippen LogP contribution is -2.62. The second kappa shape index (κ2) is 6.91. The quantitative estimate of drug-likeness (QED) is 0.780. The van der Waals surface area contributed by atoms with E-state index in [1.165, 1.54) is 38.5 Å². The molecule has 0 heterocycles. The Morgan fingerprint density at radius 3 is 2.00 bits per heavy atom. The van der Waals surface area contributed by atoms with E-state index in [-0.39, 0.29) is 0 Å². The van der Waals surface area contributed by atoms with Crippen LogP contribution < -0.4 is 5.32 Å². The topological polar surface area (TPSA) is 15.3 Å². The molecule has 0 saturated heterocycles. The largest absolute Gasteiger partial charge is 0.315 e. The average molecular weight is 254 g/mol. The highest BCUT2D eigenvalue weighted by Crippen LogP contribution is 2.40. The summed E-state index contributed by atoms with van der Waals surface area (Å²) in [6.45, 7) is 7.09. The van der Waals surface area contributed by atoms with Gasteiger partial charge in [-0.3, -0.25) is 0 Å². The van der Waals surface area contributed by atoms with Gasteiger partial charge in [0.15, 0.2) is 0 Å². The van der Waals surface area contributed by atoms with Gasteiger partial charge in [-0.15, -0.1) is 0 Å². The van der Waals surface area contributed by atoms with Crippen LogP contribution in [0.1, 0.15) is 59.3 Å². The zero-order chi connectivity index (χ0) is 13.8. The Hall–Kier alpha value is -0.0800. The van der Waals surface area contributed by atoms with Gasteiger partial charge in [-0.25, -0.2) is 0 Å². The molecule has 1 aliphatic carbocycles. The van der Waals surface area contributed by atoms with E-state index in [1.54, 1.807) is 0 Å². The van der Waals surface area contributed by atoms with Gasteiger partial charge >= 0.3 is 0 Å². The van der Waals surface area contributed by atoms with E-state index in [2.05, 4.69) is 52.1 Å². The van der Waals surface area contributed by atoms with Crippen LogP contribution in [0.5, 0.6) is 0 Å². The van der Waals surface area contributed by atoms with E-state index in [4.69, 9.17) is 0 Å². The third-order valence-corrected chi connectivity index (χ3v) is 5.44. The molecule has 0 aromatic heterocycles. The molecular formula is C16H34N2. The molecule has 1 N–H and O–H groups in total. The van der Waals surface area contributed by atoms with E-state index in [1.807, 2.05) is 0 Å². The molecule has 0 aromatic carbocycles. The summed E-state index contributed by atoms with van der Waals surface area (Å²) in [5, 5.41) is 3.67. The molecule has 0 amide bonds. The van der Waals surface area contributed by atoms with E-state index < -0.39 is 0 Å². The van der Waals surface area contributed by atoms with E-state index in [9.17, 15) is 0 Å². The van der Waals surface area contributed by atoms with Gasteiger partial charge in [-0.05, 0) is 58.7 Å². The average Bonchev–Trinajstić information content (AvgIpc) is 2.37. The molecule has 0 aromatic rings. The molecule has 108 valence electrons. The first kappa shape index (κ1) is 16.0. The van der Waals surface area contributed by atoms with Crippen LogP contribution in [0.4, 0.5) is 0 Å². The number of hydrogen-bond acceptors (Lipinski definition) is 2. The summed E-state index contributed by atoms with van der Waals surface area (Å²) in [7, 11) is 6.72. The molecule has 0 spiro atoms. The molecule has 1 rings (SSSR count). The van der Waals surface area contributed by atoms with Crippen molar-refractivity contribution in [3.63, 3.8) is 0 Å². The fraction of sp³-hybridized carbons (Fsp3) is 1.00. The lowest BCUT2D eigenvalue weighted by Gasteiger charge is -2.52. The zero-order valence-corrected chi connectivity index (χ0v) is 13.4. The maximum Gasteiger partial charge on any atom is 0.0359 e. The Balaban J connectivity index is 2.94. The maximum absolute atomic E-state index is 3.67. The third-order valence-electron chi connectivity index (χ3n) is 5.44. The van der Waals surface area contributed by atoms with Gasteiger partial charge in [-0.2, -0.15) is 0 Å². The SMILES string of the molecule is CCC(CC)C(NC)C1(N(C)C)CCC(C)CC1. The van der Waals surface area contributed by atoms with Gasteiger partial charge < -0.3 is 10.2 Å². The van der Waals surface area contributed by atoms with Gasteiger partial charge in [-0.1, -0.05) is 33.6 Å². The lowest BCUT2D eigenvalue weighted by atomic mass is 9.68. The van der Waals surface area contributed by atoms with Crippen LogP contribution in [0, 0.1) is 11.8 Å². The maximum atomic E-state index is 3.67. The number of rotatable bonds is 6. The normalized spacial score (nSPS) is 31.0. The van der Waals surface area contributed by atoms with Gasteiger partial charge in [0.1, 0.15) is 0 Å². The summed E-state index contributed by atoms with van der Waals surface area (Å²) in [6.07, 6.45) is 8.04. The van der Waals surface area contributed by atoms with Crippen molar-refractivity contribution in [1.29, 1.82) is 0 Å². The Bertz CT molecular complexity index is 225. The van der Waals surface area contributed by atoms with Crippen molar-refractivity contribution in [3.05, 3.63) is 0 Å². The van der Waals surface area contributed by atoms with Crippen molar-refractivity contribution in [2.24, 2.45) is 11.8 Å². The molecule has 1 unspecified atom stereocenters. The van der Waals surface area contributed by atoms with Crippen LogP contribution in [-0.2, 0) is 0 Å². The molecule has 1 aliphatic rings. The first-order valence-electron chi connectivity index (χ1n) is 7.86. The Kier molecular flexibility index (Phi) is 6.13. The summed E-state index contributed by atoms with van der Waals surface area (Å²) in [4.78, 5) is 2.51. The molecule has 1 fully saturated rings. The van der Waals surface area contributed by atoms with E-state index >= 15 is 0 Å². The van der Waals surface area contributed by atoms with Crippen molar-refractivity contribution in [3.8, 4) is 0 Å². The summed E-state index contributed by atoms with van der Waals surface area (Å²) >= 11 is 0. The van der Waals surface area contributed by atoms with Crippen LogP contribution in [0.25, 0.3) is 0 Å². The third kappa shape index (κ3) is 3.08. The first-order valence-corrected chi connectivity index (χ1v) is 7.86. The predicted molar refractivity (Wildman–Crippen MR) is 81.0 cm³/mol. The molecule has 1 atom stereocenters. The number of nitrogens with one attached hydrogen (secondary N) is 1. The molecule has 2 nitrogen and oxygen atoms in total. The van der Waals surface area contributed by atoms with Crippen molar-refractivity contribution in [2.75, 3.05) is 21.1 Å². The van der Waals surface area contributed by atoms with E-state index in [0.29, 0.717) is 11.6 Å². The Morgan fingerprint density at radius 2 is 1.67 bits per heavy atom. The highest BCUT2D eigenvalue weighted by Gasteiger charge is 2.44. The molecule has 1 saturated carbocycles. The Morgan fingerprint density at radius 1 is 1.17 bits per heavy atom. The zero-order valence-electron chi connectivity index (χ0n) is 13.4. The highest BCUT2D eigenvalue weighted by atomic mass is 15.2. The number of likely N-dealkylation sites (N-methyl/N-ethyl adjacent to an activating group) is 2. The lowest BCUT2D eigenvalue weighted by molar-refractivity contribution is 0.0222. The predicted octanol–water partition coefficient (Wildman–Crippen LogP) is 3.52. The van der Waals surface area contributed by atoms with E-state index in [0.717, 1.165) is 11.8 Å². The second-order valence-corrected chi connectivity index (χ2v) is 6.52. The molecule has 18 heavy (non-hydrogen) atoms. The summed E-state index contributed by atoms with van der Waals surface area (Å²) in [6, 6.07) is 0.634. The molecule has 2 heteroatoms. The Labute approximate surface area is 115 Å². The van der Waals surface area contributed by atoms with Crippen molar-refractivity contribution in [1.82, 2.24) is 10.2 Å². The molecule has 0 bridgehead atoms. The fourth-order valence-electron chi connectivity index (χ4n) is 4.00. The van der Waals surface area contributed by atoms with Crippen LogP contribution in [-0.4, -0.2) is 37.6 Å². The molecular weight excluding hydrogens is 220 g/mol. The molecule has 0 aliphatic heterocycles. The van der Waals surface area contributed by atoms with Crippen LogP contribution in [0.15, 0.2) is 0 Å². The summed E-state index contributed by atoms with van der Waals surface area (Å²) in [5.74, 6) is 1.71. The minimum absolute atomic E-state index is 0.373. The van der Waals surface area contributed by atoms with Gasteiger partial charge in [0.2, 0.25) is 0 Å². The van der Waals surface area contributed by atoms with Crippen molar-refractivity contribution in [2.45, 2.75) is 70.9 Å². The first-order chi connectivity index (χ1) is 8.51. The minimum atomic E-state index is 0.373. The number of hydrogen-bond donors (Lipinski definition) is 1.